The van der Waals surface area contributed by atoms with Crippen LogP contribution in [0.4, 0.5) is 0 Å². The van der Waals surface area contributed by atoms with Crippen molar-refractivity contribution in [2.45, 2.75) is 76.5 Å². The van der Waals surface area contributed by atoms with Crippen LogP contribution in [0.5, 0.6) is 5.75 Å². The maximum Gasteiger partial charge on any atom is 0.343 e. The number of hydrogen-bond acceptors (Lipinski definition) is 3. The van der Waals surface area contributed by atoms with E-state index in [0.29, 0.717) is 22.3 Å². The second-order valence-electron chi connectivity index (χ2n) is 8.25. The summed E-state index contributed by atoms with van der Waals surface area (Å²) in [5.41, 5.74) is 2.67. The molecule has 1 saturated carbocycles. The lowest BCUT2D eigenvalue weighted by Gasteiger charge is -2.38. The molecule has 0 heterocycles. The van der Waals surface area contributed by atoms with Crippen molar-refractivity contribution in [2.24, 2.45) is 0 Å². The Bertz CT molecular complexity index is 825. The molecule has 0 radical (unpaired) electrons. The monoisotopic (exact) mass is 389 g/mol. The van der Waals surface area contributed by atoms with Crippen LogP contribution < -0.4 is 4.74 Å². The van der Waals surface area contributed by atoms with Crippen LogP contribution in [0, 0.1) is 11.3 Å². The average Bonchev–Trinajstić information content (AvgIpc) is 2.78. The van der Waals surface area contributed by atoms with Gasteiger partial charge in [-0.3, -0.25) is 0 Å². The topological polar surface area (TPSA) is 50.1 Å². The molecular weight excluding hydrogens is 358 g/mol. The number of carbonyl (C=O) groups is 1. The van der Waals surface area contributed by atoms with E-state index in [0.717, 1.165) is 0 Å². The van der Waals surface area contributed by atoms with Gasteiger partial charge in [0.05, 0.1) is 17.2 Å². The summed E-state index contributed by atoms with van der Waals surface area (Å²) in [6.45, 7) is 2.26. The van der Waals surface area contributed by atoms with E-state index in [-0.39, 0.29) is 0 Å². The molecule has 0 saturated heterocycles. The van der Waals surface area contributed by atoms with Gasteiger partial charge in [-0.1, -0.05) is 64.0 Å². The van der Waals surface area contributed by atoms with E-state index in [1.807, 2.05) is 12.1 Å². The molecule has 0 bridgehead atoms. The molecule has 0 aromatic heterocycles. The molecule has 3 nitrogen and oxygen atoms in total. The molecule has 1 aliphatic rings. The first kappa shape index (κ1) is 21.1. The molecule has 29 heavy (non-hydrogen) atoms. The lowest BCUT2D eigenvalue weighted by Crippen LogP contribution is -2.29. The molecule has 0 amide bonds. The zero-order chi connectivity index (χ0) is 20.5. The summed E-state index contributed by atoms with van der Waals surface area (Å²) in [5, 5.41) is 8.87. The van der Waals surface area contributed by atoms with Crippen molar-refractivity contribution in [2.75, 3.05) is 0 Å². The van der Waals surface area contributed by atoms with Crippen molar-refractivity contribution in [1.29, 1.82) is 5.26 Å². The van der Waals surface area contributed by atoms with Gasteiger partial charge in [-0.2, -0.15) is 5.26 Å². The van der Waals surface area contributed by atoms with Gasteiger partial charge in [-0.05, 0) is 66.6 Å². The molecule has 3 heteroatoms. The number of nitriles is 1. The largest absolute Gasteiger partial charge is 0.423 e. The number of unbranched alkanes of at least 4 members (excludes halogenated alkanes) is 3. The highest BCUT2D eigenvalue weighted by atomic mass is 16.5. The predicted octanol–water partition coefficient (Wildman–Crippen LogP) is 6.95. The number of nitrogens with zero attached hydrogens (tertiary/aromatic N) is 1. The Kier molecular flexibility index (Phi) is 7.47. The third kappa shape index (κ3) is 5.48. The normalized spacial score (nSPS) is 15.4. The fraction of sp³-hybridized carbons (Fsp3) is 0.462. The molecule has 2 aromatic rings. The van der Waals surface area contributed by atoms with Crippen molar-refractivity contribution in [3.8, 4) is 11.8 Å². The molecular formula is C26H31NO2. The highest BCUT2D eigenvalue weighted by Gasteiger charge is 2.33. The van der Waals surface area contributed by atoms with E-state index in [9.17, 15) is 4.79 Å². The van der Waals surface area contributed by atoms with E-state index in [1.165, 1.54) is 69.8 Å². The van der Waals surface area contributed by atoms with Crippen LogP contribution in [0.15, 0.2) is 48.5 Å². The highest BCUT2D eigenvalue weighted by molar-refractivity contribution is 5.91. The minimum absolute atomic E-state index is 0.293. The second-order valence-corrected chi connectivity index (χ2v) is 8.25. The van der Waals surface area contributed by atoms with E-state index in [4.69, 9.17) is 10.00 Å². The summed E-state index contributed by atoms with van der Waals surface area (Å²) in [4.78, 5) is 12.4. The van der Waals surface area contributed by atoms with Crippen LogP contribution in [0.25, 0.3) is 0 Å². The van der Waals surface area contributed by atoms with Crippen molar-refractivity contribution in [3.05, 3.63) is 65.2 Å². The first-order chi connectivity index (χ1) is 14.2. The number of hydrogen-bond donors (Lipinski definition) is 0. The van der Waals surface area contributed by atoms with Gasteiger partial charge in [0.2, 0.25) is 0 Å². The van der Waals surface area contributed by atoms with Crippen molar-refractivity contribution in [3.63, 3.8) is 0 Å². The van der Waals surface area contributed by atoms with Crippen LogP contribution in [-0.4, -0.2) is 5.97 Å². The summed E-state index contributed by atoms with van der Waals surface area (Å²) >= 11 is 0. The Morgan fingerprint density at radius 3 is 2.28 bits per heavy atom. The molecule has 2 aromatic carbocycles. The van der Waals surface area contributed by atoms with Gasteiger partial charge in [0.1, 0.15) is 5.75 Å². The van der Waals surface area contributed by atoms with Gasteiger partial charge in [0, 0.05) is 0 Å². The Morgan fingerprint density at radius 2 is 1.66 bits per heavy atom. The van der Waals surface area contributed by atoms with Crippen molar-refractivity contribution >= 4 is 5.97 Å². The van der Waals surface area contributed by atoms with Gasteiger partial charge >= 0.3 is 5.97 Å². The third-order valence-corrected chi connectivity index (χ3v) is 6.25. The molecule has 152 valence electrons. The SMILES string of the molecule is CCCCCCC1(c2ccc(OC(=O)c3ccc(C#N)cc3)cc2)CCCCC1. The zero-order valence-corrected chi connectivity index (χ0v) is 17.5. The minimum Gasteiger partial charge on any atom is -0.423 e. The Hall–Kier alpha value is -2.60. The molecule has 0 N–H and O–H groups in total. The van der Waals surface area contributed by atoms with Crippen LogP contribution >= 0.6 is 0 Å². The smallest absolute Gasteiger partial charge is 0.343 e. The van der Waals surface area contributed by atoms with Crippen molar-refractivity contribution < 1.29 is 9.53 Å². The predicted molar refractivity (Wildman–Crippen MR) is 116 cm³/mol. The first-order valence-electron chi connectivity index (χ1n) is 11.0. The molecule has 0 spiro atoms. The second kappa shape index (κ2) is 10.3. The van der Waals surface area contributed by atoms with E-state index in [1.54, 1.807) is 24.3 Å². The van der Waals surface area contributed by atoms with Gasteiger partial charge in [-0.25, -0.2) is 4.79 Å². The standard InChI is InChI=1S/C26H31NO2/c1-2-3-4-6-17-26(18-7-5-8-19-26)23-13-15-24(16-14-23)29-25(28)22-11-9-21(20-27)10-12-22/h9-16H,2-8,17-19H2,1H3. The van der Waals surface area contributed by atoms with Crippen molar-refractivity contribution in [1.82, 2.24) is 0 Å². The summed E-state index contributed by atoms with van der Waals surface area (Å²) in [5.74, 6) is 0.175. The lowest BCUT2D eigenvalue weighted by molar-refractivity contribution is 0.0734. The van der Waals surface area contributed by atoms with Gasteiger partial charge in [-0.15, -0.1) is 0 Å². The van der Waals surface area contributed by atoms with Crippen LogP contribution in [0.3, 0.4) is 0 Å². The lowest BCUT2D eigenvalue weighted by atomic mass is 9.66. The molecule has 3 rings (SSSR count). The molecule has 0 unspecified atom stereocenters. The quantitative estimate of drug-likeness (QED) is 0.279. The number of rotatable bonds is 8. The maximum absolute atomic E-state index is 12.4. The average molecular weight is 390 g/mol. The highest BCUT2D eigenvalue weighted by Crippen LogP contribution is 2.43. The minimum atomic E-state index is -0.394. The van der Waals surface area contributed by atoms with E-state index < -0.39 is 5.97 Å². The summed E-state index contributed by atoms with van der Waals surface area (Å²) < 4.78 is 5.54. The summed E-state index contributed by atoms with van der Waals surface area (Å²) in [6, 6.07) is 16.7. The third-order valence-electron chi connectivity index (χ3n) is 6.25. The molecule has 1 fully saturated rings. The zero-order valence-electron chi connectivity index (χ0n) is 17.5. The fourth-order valence-electron chi connectivity index (χ4n) is 4.53. The number of esters is 1. The first-order valence-corrected chi connectivity index (χ1v) is 11.0. The fourth-order valence-corrected chi connectivity index (χ4v) is 4.53. The van der Waals surface area contributed by atoms with E-state index >= 15 is 0 Å². The van der Waals surface area contributed by atoms with Crippen LogP contribution in [0.2, 0.25) is 0 Å². The van der Waals surface area contributed by atoms with Gasteiger partial charge in [0.25, 0.3) is 0 Å². The van der Waals surface area contributed by atoms with Gasteiger partial charge in [0.15, 0.2) is 0 Å². The Labute approximate surface area is 174 Å². The van der Waals surface area contributed by atoms with Crippen LogP contribution in [0.1, 0.15) is 92.6 Å². The number of ether oxygens (including phenoxy) is 1. The number of benzene rings is 2. The summed E-state index contributed by atoms with van der Waals surface area (Å²) in [6.07, 6.45) is 13.0. The van der Waals surface area contributed by atoms with E-state index in [2.05, 4.69) is 25.1 Å². The molecule has 0 aliphatic heterocycles. The van der Waals surface area contributed by atoms with Gasteiger partial charge < -0.3 is 4.74 Å². The molecule has 0 atom stereocenters. The number of carbonyl (C=O) groups excluding carboxylic acids is 1. The Morgan fingerprint density at radius 1 is 0.966 bits per heavy atom. The maximum atomic E-state index is 12.4. The Balaban J connectivity index is 1.68. The van der Waals surface area contributed by atoms with Crippen LogP contribution in [-0.2, 0) is 5.41 Å². The molecule has 1 aliphatic carbocycles. The summed E-state index contributed by atoms with van der Waals surface area (Å²) in [7, 11) is 0.